The number of allylic oxidation sites excluding steroid dienone is 1. The van der Waals surface area contributed by atoms with Crippen LogP contribution in [0.2, 0.25) is 0 Å². The molecule has 0 aromatic heterocycles. The van der Waals surface area contributed by atoms with Crippen molar-refractivity contribution in [1.29, 1.82) is 0 Å². The van der Waals surface area contributed by atoms with Crippen molar-refractivity contribution in [2.45, 2.75) is 12.8 Å². The van der Waals surface area contributed by atoms with Gasteiger partial charge in [-0.25, -0.2) is 0 Å². The lowest BCUT2D eigenvalue weighted by molar-refractivity contribution is 0.632. The summed E-state index contributed by atoms with van der Waals surface area (Å²) in [6, 6.07) is 0. The molecule has 0 spiro atoms. The van der Waals surface area contributed by atoms with Crippen molar-refractivity contribution < 1.29 is 1.37 Å². The van der Waals surface area contributed by atoms with Crippen LogP contribution in [0.4, 0.5) is 0 Å². The molecule has 1 fully saturated rings. The van der Waals surface area contributed by atoms with E-state index in [-0.39, 0.29) is 6.52 Å². The maximum Gasteiger partial charge on any atom is 0.0476 e. The second-order valence-corrected chi connectivity index (χ2v) is 2.53. The van der Waals surface area contributed by atoms with E-state index in [0.717, 1.165) is 6.54 Å². The zero-order valence-electron chi connectivity index (χ0n) is 5.85. The van der Waals surface area contributed by atoms with Gasteiger partial charge in [-0.15, -0.1) is 0 Å². The first-order chi connectivity index (χ1) is 4.38. The molecule has 0 saturated carbocycles. The van der Waals surface area contributed by atoms with Gasteiger partial charge < -0.3 is 5.32 Å². The third kappa shape index (κ3) is 0.511. The standard InChI is InChI=1S/C7H11N/c1-2-6-4-8-5-7(6)3-1/h2,7-8H,1,3-5H2/t7-/m0/s1/i4D/t4?,7-. The first-order valence-corrected chi connectivity index (χ1v) is 3.23. The predicted molar refractivity (Wildman–Crippen MR) is 33.7 cm³/mol. The normalized spacial score (nSPS) is 46.0. The fourth-order valence-electron chi connectivity index (χ4n) is 1.50. The van der Waals surface area contributed by atoms with Crippen LogP contribution in [0.15, 0.2) is 11.6 Å². The van der Waals surface area contributed by atoms with Crippen molar-refractivity contribution in [2.75, 3.05) is 13.1 Å². The van der Waals surface area contributed by atoms with Crippen LogP contribution >= 0.6 is 0 Å². The fourth-order valence-corrected chi connectivity index (χ4v) is 1.50. The molecule has 0 radical (unpaired) electrons. The van der Waals surface area contributed by atoms with Gasteiger partial charge in [0, 0.05) is 14.4 Å². The van der Waals surface area contributed by atoms with E-state index in [1.165, 1.54) is 18.4 Å². The average Bonchev–Trinajstić information content (AvgIpc) is 2.35. The number of hydrogen-bond donors (Lipinski definition) is 1. The number of nitrogens with one attached hydrogen (secondary N) is 1. The Morgan fingerprint density at radius 3 is 3.75 bits per heavy atom. The van der Waals surface area contributed by atoms with Crippen molar-refractivity contribution in [3.63, 3.8) is 0 Å². The lowest BCUT2D eigenvalue weighted by atomic mass is 10.1. The number of hydrogen-bond acceptors (Lipinski definition) is 1. The van der Waals surface area contributed by atoms with E-state index >= 15 is 0 Å². The third-order valence-corrected chi connectivity index (χ3v) is 2.00. The van der Waals surface area contributed by atoms with E-state index in [9.17, 15) is 0 Å². The van der Waals surface area contributed by atoms with Crippen molar-refractivity contribution in [3.8, 4) is 0 Å². The smallest absolute Gasteiger partial charge is 0.0476 e. The van der Waals surface area contributed by atoms with Crippen molar-refractivity contribution >= 4 is 0 Å². The monoisotopic (exact) mass is 110 g/mol. The Kier molecular flexibility index (Phi) is 0.730. The summed E-state index contributed by atoms with van der Waals surface area (Å²) in [4.78, 5) is 0. The van der Waals surface area contributed by atoms with E-state index in [4.69, 9.17) is 1.37 Å². The van der Waals surface area contributed by atoms with E-state index < -0.39 is 0 Å². The summed E-state index contributed by atoms with van der Waals surface area (Å²) in [6.07, 6.45) is 4.71. The van der Waals surface area contributed by atoms with Gasteiger partial charge in [0.2, 0.25) is 0 Å². The highest BCUT2D eigenvalue weighted by Gasteiger charge is 2.22. The molecule has 44 valence electrons. The van der Waals surface area contributed by atoms with Crippen molar-refractivity contribution in [3.05, 3.63) is 11.6 Å². The van der Waals surface area contributed by atoms with E-state index in [2.05, 4.69) is 11.4 Å². The van der Waals surface area contributed by atoms with Gasteiger partial charge in [0.25, 0.3) is 0 Å². The largest absolute Gasteiger partial charge is 0.312 e. The summed E-state index contributed by atoms with van der Waals surface area (Å²) in [5.41, 5.74) is 1.34. The van der Waals surface area contributed by atoms with Gasteiger partial charge in [0.05, 0.1) is 0 Å². The summed E-state index contributed by atoms with van der Waals surface area (Å²) < 4.78 is 7.48. The van der Waals surface area contributed by atoms with Crippen LogP contribution in [-0.4, -0.2) is 13.1 Å². The molecule has 0 amide bonds. The van der Waals surface area contributed by atoms with Gasteiger partial charge in [0.1, 0.15) is 0 Å². The minimum absolute atomic E-state index is 0.0718. The van der Waals surface area contributed by atoms with Gasteiger partial charge in [-0.3, -0.25) is 0 Å². The van der Waals surface area contributed by atoms with Crippen LogP contribution in [0.25, 0.3) is 0 Å². The van der Waals surface area contributed by atoms with Crippen LogP contribution in [0.1, 0.15) is 14.2 Å². The Labute approximate surface area is 51.2 Å². The second-order valence-electron chi connectivity index (χ2n) is 2.53. The lowest BCUT2D eigenvalue weighted by Gasteiger charge is -1.97. The van der Waals surface area contributed by atoms with E-state index in [0.29, 0.717) is 5.92 Å². The zero-order chi connectivity index (χ0) is 6.27. The molecule has 1 N–H and O–H groups in total. The second kappa shape index (κ2) is 1.59. The molecule has 8 heavy (non-hydrogen) atoms. The topological polar surface area (TPSA) is 12.0 Å². The molecule has 1 unspecified atom stereocenters. The molecule has 1 saturated heterocycles. The highest BCUT2D eigenvalue weighted by molar-refractivity contribution is 5.18. The maximum atomic E-state index is 7.48. The maximum absolute atomic E-state index is 7.48. The fraction of sp³-hybridized carbons (Fsp3) is 0.714. The van der Waals surface area contributed by atoms with Crippen molar-refractivity contribution in [1.82, 2.24) is 5.32 Å². The number of rotatable bonds is 0. The molecule has 2 rings (SSSR count). The molecular weight excluding hydrogens is 98.1 g/mol. The van der Waals surface area contributed by atoms with E-state index in [1.54, 1.807) is 0 Å². The Balaban J connectivity index is 2.22. The Bertz CT molecular complexity index is 153. The Morgan fingerprint density at radius 2 is 2.88 bits per heavy atom. The minimum Gasteiger partial charge on any atom is -0.312 e. The lowest BCUT2D eigenvalue weighted by Crippen LogP contribution is -2.08. The van der Waals surface area contributed by atoms with Crippen LogP contribution in [0, 0.1) is 5.92 Å². The Morgan fingerprint density at radius 1 is 1.88 bits per heavy atom. The van der Waals surface area contributed by atoms with Crippen molar-refractivity contribution in [2.24, 2.45) is 5.92 Å². The summed E-state index contributed by atoms with van der Waals surface area (Å²) in [7, 11) is 0. The van der Waals surface area contributed by atoms with E-state index in [1.807, 2.05) is 0 Å². The quantitative estimate of drug-likeness (QED) is 0.457. The summed E-state index contributed by atoms with van der Waals surface area (Å²) in [5, 5.41) is 3.12. The van der Waals surface area contributed by atoms with Gasteiger partial charge >= 0.3 is 0 Å². The van der Waals surface area contributed by atoms with Gasteiger partial charge in [0.15, 0.2) is 0 Å². The molecule has 0 aromatic rings. The molecule has 2 atom stereocenters. The summed E-state index contributed by atoms with van der Waals surface area (Å²) in [5.74, 6) is 0.715. The van der Waals surface area contributed by atoms with Crippen LogP contribution < -0.4 is 5.32 Å². The molecule has 1 nitrogen and oxygen atoms in total. The minimum atomic E-state index is -0.0718. The first-order valence-electron chi connectivity index (χ1n) is 3.81. The van der Waals surface area contributed by atoms with Crippen LogP contribution in [0.3, 0.4) is 0 Å². The first kappa shape index (κ1) is 3.67. The van der Waals surface area contributed by atoms with Gasteiger partial charge in [-0.05, 0) is 18.8 Å². The molecule has 0 aromatic carbocycles. The average molecular weight is 110 g/mol. The third-order valence-electron chi connectivity index (χ3n) is 2.00. The highest BCUT2D eigenvalue weighted by atomic mass is 14.9. The SMILES string of the molecule is [2H]C1NC[C@@H]2CCC=C12. The Hall–Kier alpha value is -0.300. The molecule has 1 heterocycles. The molecular formula is C7H11N. The molecule has 0 bridgehead atoms. The molecule has 2 aliphatic rings. The van der Waals surface area contributed by atoms with Gasteiger partial charge in [-0.2, -0.15) is 0 Å². The molecule has 1 aliphatic heterocycles. The van der Waals surface area contributed by atoms with Crippen LogP contribution in [-0.2, 0) is 0 Å². The number of fused-ring (bicyclic) bond motifs is 1. The molecule has 1 aliphatic carbocycles. The van der Waals surface area contributed by atoms with Gasteiger partial charge in [-0.1, -0.05) is 11.6 Å². The zero-order valence-corrected chi connectivity index (χ0v) is 4.85. The summed E-state index contributed by atoms with van der Waals surface area (Å²) in [6.45, 7) is 0.970. The highest BCUT2D eigenvalue weighted by Crippen LogP contribution is 2.27. The predicted octanol–water partition coefficient (Wildman–Crippen LogP) is 0.926. The van der Waals surface area contributed by atoms with Crippen LogP contribution in [0.5, 0.6) is 0 Å². The summed E-state index contributed by atoms with van der Waals surface area (Å²) >= 11 is 0. The molecule has 1 heteroatoms.